The monoisotopic (exact) mass is 342 g/mol. The largest absolute Gasteiger partial charge is 0.444 e. The smallest absolute Gasteiger partial charge is 0.410 e. The van der Waals surface area contributed by atoms with Crippen LogP contribution in [0.2, 0.25) is 0 Å². The summed E-state index contributed by atoms with van der Waals surface area (Å²) in [6.45, 7) is 6.59. The Kier molecular flexibility index (Phi) is 3.95. The summed E-state index contributed by atoms with van der Waals surface area (Å²) in [7, 11) is 1.76. The lowest BCUT2D eigenvalue weighted by Crippen LogP contribution is -2.41. The normalized spacial score (nSPS) is 14.9. The van der Waals surface area contributed by atoms with Gasteiger partial charge in [0.2, 0.25) is 0 Å². The van der Waals surface area contributed by atoms with Gasteiger partial charge in [-0.05, 0) is 48.3 Å². The predicted molar refractivity (Wildman–Crippen MR) is 79.7 cm³/mol. The average molecular weight is 343 g/mol. The molecule has 0 N–H and O–H groups in total. The van der Waals surface area contributed by atoms with Gasteiger partial charge in [0.25, 0.3) is 5.56 Å². The summed E-state index contributed by atoms with van der Waals surface area (Å²) in [5, 5.41) is 0. The molecule has 1 aromatic rings. The Balaban J connectivity index is 2.24. The molecule has 0 unspecified atom stereocenters. The number of rotatable bonds is 0. The molecular weight excluding hydrogens is 324 g/mol. The molecule has 0 fully saturated rings. The number of ether oxygens (including phenoxy) is 1. The van der Waals surface area contributed by atoms with Crippen LogP contribution in [0.4, 0.5) is 4.79 Å². The Hall–Kier alpha value is -1.30. The number of hydrogen-bond acceptors (Lipinski definition) is 3. The second kappa shape index (κ2) is 5.24. The van der Waals surface area contributed by atoms with Gasteiger partial charge in [0.1, 0.15) is 5.60 Å². The topological polar surface area (TPSA) is 51.5 Å². The minimum atomic E-state index is -0.499. The zero-order valence-electron chi connectivity index (χ0n) is 12.2. The summed E-state index contributed by atoms with van der Waals surface area (Å²) in [6.07, 6.45) is 0.348. The van der Waals surface area contributed by atoms with Gasteiger partial charge in [0.05, 0.1) is 11.0 Å². The van der Waals surface area contributed by atoms with Gasteiger partial charge in [0.15, 0.2) is 0 Å². The first-order chi connectivity index (χ1) is 9.19. The zero-order chi connectivity index (χ0) is 15.1. The fraction of sp³-hybridized carbons (Fsp3) is 0.571. The highest BCUT2D eigenvalue weighted by Crippen LogP contribution is 2.21. The lowest BCUT2D eigenvalue weighted by atomic mass is 10.1. The minimum Gasteiger partial charge on any atom is -0.444 e. The lowest BCUT2D eigenvalue weighted by Gasteiger charge is -2.32. The first-order valence-corrected chi connectivity index (χ1v) is 7.33. The van der Waals surface area contributed by atoms with Crippen molar-refractivity contribution in [2.45, 2.75) is 39.3 Å². The number of hydrogen-bond donors (Lipinski definition) is 0. The quantitative estimate of drug-likeness (QED) is 0.727. The fourth-order valence-corrected chi connectivity index (χ4v) is 2.81. The zero-order valence-corrected chi connectivity index (χ0v) is 13.8. The van der Waals surface area contributed by atoms with E-state index in [0.717, 1.165) is 11.3 Å². The van der Waals surface area contributed by atoms with E-state index in [1.165, 1.54) is 0 Å². The van der Waals surface area contributed by atoms with Crippen molar-refractivity contribution < 1.29 is 9.53 Å². The van der Waals surface area contributed by atoms with E-state index in [1.807, 2.05) is 20.8 Å². The number of nitrogens with zero attached hydrogens (tertiary/aromatic N) is 2. The van der Waals surface area contributed by atoms with Gasteiger partial charge in [-0.3, -0.25) is 4.79 Å². The maximum atomic E-state index is 12.1. The standard InChI is InChI=1S/C14H19BrN2O3/c1-14(2,3)20-13(19)17-6-5-11-9(8-17)7-10(15)12(18)16(11)4/h7H,5-6,8H2,1-4H3. The van der Waals surface area contributed by atoms with Gasteiger partial charge in [-0.2, -0.15) is 0 Å². The Morgan fingerprint density at radius 3 is 2.65 bits per heavy atom. The van der Waals surface area contributed by atoms with Crippen LogP contribution in [0.15, 0.2) is 15.3 Å². The number of amides is 1. The highest BCUT2D eigenvalue weighted by Gasteiger charge is 2.27. The Labute approximate surface area is 126 Å². The third kappa shape index (κ3) is 3.06. The molecule has 1 amide bonds. The minimum absolute atomic E-state index is 0.0468. The van der Waals surface area contributed by atoms with Gasteiger partial charge >= 0.3 is 6.09 Å². The van der Waals surface area contributed by atoms with Gasteiger partial charge in [-0.1, -0.05) is 0 Å². The van der Waals surface area contributed by atoms with Crippen LogP contribution in [0.3, 0.4) is 0 Å². The van der Waals surface area contributed by atoms with E-state index in [4.69, 9.17) is 4.74 Å². The molecule has 0 aromatic carbocycles. The van der Waals surface area contributed by atoms with E-state index in [9.17, 15) is 9.59 Å². The summed E-state index contributed by atoms with van der Waals surface area (Å²) >= 11 is 3.26. The van der Waals surface area contributed by atoms with Crippen molar-refractivity contribution in [1.29, 1.82) is 0 Å². The number of aromatic nitrogens is 1. The van der Waals surface area contributed by atoms with Crippen LogP contribution in [0.5, 0.6) is 0 Å². The molecule has 0 radical (unpaired) electrons. The third-order valence-electron chi connectivity index (χ3n) is 3.22. The molecule has 0 saturated carbocycles. The SMILES string of the molecule is Cn1c2c(cc(Br)c1=O)CN(C(=O)OC(C)(C)C)CC2. The Morgan fingerprint density at radius 2 is 2.05 bits per heavy atom. The highest BCUT2D eigenvalue weighted by atomic mass is 79.9. The molecular formula is C14H19BrN2O3. The number of halogens is 1. The van der Waals surface area contributed by atoms with Crippen LogP contribution in [0.1, 0.15) is 32.0 Å². The summed E-state index contributed by atoms with van der Waals surface area (Å²) in [5.41, 5.74) is 1.42. The number of carbonyl (C=O) groups excluding carboxylic acids is 1. The average Bonchev–Trinajstić information content (AvgIpc) is 2.33. The van der Waals surface area contributed by atoms with E-state index < -0.39 is 5.60 Å². The maximum absolute atomic E-state index is 12.1. The Morgan fingerprint density at radius 1 is 1.40 bits per heavy atom. The predicted octanol–water partition coefficient (Wildman–Crippen LogP) is 2.44. The van der Waals surface area contributed by atoms with Gasteiger partial charge in [-0.25, -0.2) is 4.79 Å². The van der Waals surface area contributed by atoms with E-state index >= 15 is 0 Å². The van der Waals surface area contributed by atoms with E-state index in [1.54, 1.807) is 22.6 Å². The molecule has 2 heterocycles. The summed E-state index contributed by atoms with van der Waals surface area (Å²) in [6, 6.07) is 1.80. The molecule has 0 bridgehead atoms. The molecule has 5 nitrogen and oxygen atoms in total. The first kappa shape index (κ1) is 15.1. The van der Waals surface area contributed by atoms with Crippen molar-refractivity contribution in [3.63, 3.8) is 0 Å². The molecule has 110 valence electrons. The fourth-order valence-electron chi connectivity index (χ4n) is 2.27. The molecule has 20 heavy (non-hydrogen) atoms. The summed E-state index contributed by atoms with van der Waals surface area (Å²) < 4.78 is 7.55. The second-order valence-electron chi connectivity index (χ2n) is 5.98. The van der Waals surface area contributed by atoms with Crippen LogP contribution < -0.4 is 5.56 Å². The molecule has 6 heteroatoms. The van der Waals surface area contributed by atoms with Crippen LogP contribution in [-0.4, -0.2) is 27.7 Å². The van der Waals surface area contributed by atoms with Crippen LogP contribution >= 0.6 is 15.9 Å². The van der Waals surface area contributed by atoms with Gasteiger partial charge in [-0.15, -0.1) is 0 Å². The molecule has 0 atom stereocenters. The van der Waals surface area contributed by atoms with E-state index in [-0.39, 0.29) is 11.7 Å². The molecule has 1 aromatic heterocycles. The third-order valence-corrected chi connectivity index (χ3v) is 3.78. The summed E-state index contributed by atoms with van der Waals surface area (Å²) in [4.78, 5) is 25.6. The molecule has 0 spiro atoms. The van der Waals surface area contributed by atoms with E-state index in [0.29, 0.717) is 24.0 Å². The van der Waals surface area contributed by atoms with Gasteiger partial charge in [0, 0.05) is 25.7 Å². The number of carbonyl (C=O) groups is 1. The van der Waals surface area contributed by atoms with Gasteiger partial charge < -0.3 is 14.2 Å². The first-order valence-electron chi connectivity index (χ1n) is 6.54. The molecule has 1 aliphatic heterocycles. The number of pyridine rings is 1. The van der Waals surface area contributed by atoms with Crippen molar-refractivity contribution in [3.05, 3.63) is 32.2 Å². The van der Waals surface area contributed by atoms with Crippen LogP contribution in [-0.2, 0) is 24.8 Å². The number of fused-ring (bicyclic) bond motifs is 1. The molecule has 1 aliphatic rings. The Bertz CT molecular complexity index is 602. The second-order valence-corrected chi connectivity index (χ2v) is 6.83. The van der Waals surface area contributed by atoms with Crippen molar-refractivity contribution in [3.8, 4) is 0 Å². The van der Waals surface area contributed by atoms with Crippen molar-refractivity contribution in [2.75, 3.05) is 6.54 Å². The van der Waals surface area contributed by atoms with Crippen molar-refractivity contribution in [1.82, 2.24) is 9.47 Å². The van der Waals surface area contributed by atoms with Crippen LogP contribution in [0, 0.1) is 0 Å². The summed E-state index contributed by atoms with van der Waals surface area (Å²) in [5.74, 6) is 0. The van der Waals surface area contributed by atoms with Crippen molar-refractivity contribution >= 4 is 22.0 Å². The highest BCUT2D eigenvalue weighted by molar-refractivity contribution is 9.10. The molecule has 0 saturated heterocycles. The molecule has 2 rings (SSSR count). The maximum Gasteiger partial charge on any atom is 0.410 e. The van der Waals surface area contributed by atoms with Crippen molar-refractivity contribution in [2.24, 2.45) is 7.05 Å². The molecule has 0 aliphatic carbocycles. The lowest BCUT2D eigenvalue weighted by molar-refractivity contribution is 0.0221. The van der Waals surface area contributed by atoms with E-state index in [2.05, 4.69) is 15.9 Å². The van der Waals surface area contributed by atoms with Crippen LogP contribution in [0.25, 0.3) is 0 Å².